The van der Waals surface area contributed by atoms with E-state index in [-0.39, 0.29) is 5.75 Å². The van der Waals surface area contributed by atoms with Crippen LogP contribution in [0.3, 0.4) is 0 Å². The molecule has 0 spiro atoms. The number of nitrogen functional groups attached to an aromatic ring is 1. The van der Waals surface area contributed by atoms with Crippen LogP contribution in [-0.4, -0.2) is 5.11 Å². The fourth-order valence-electron chi connectivity index (χ4n) is 0.810. The average Bonchev–Trinajstić information content (AvgIpc) is 2.07. The molecule has 3 nitrogen and oxygen atoms in total. The Balaban J connectivity index is 2.99. The first-order chi connectivity index (χ1) is 5.74. The Kier molecular flexibility index (Phi) is 2.34. The molecule has 0 aliphatic heterocycles. The number of allylic oxidation sites excluding steroid dienone is 1. The smallest absolute Gasteiger partial charge is 0.138 e. The molecule has 0 amide bonds. The average molecular weight is 160 g/mol. The van der Waals surface area contributed by atoms with Crippen LogP contribution >= 0.6 is 0 Å². The summed E-state index contributed by atoms with van der Waals surface area (Å²) in [5.74, 6) is 0.0594. The van der Waals surface area contributed by atoms with Crippen LogP contribution in [0.1, 0.15) is 5.56 Å². The summed E-state index contributed by atoms with van der Waals surface area (Å²) in [5.41, 5.74) is 6.54. The molecular weight excluding hydrogens is 152 g/mol. The van der Waals surface area contributed by atoms with Crippen molar-refractivity contribution in [2.24, 2.45) is 0 Å². The van der Waals surface area contributed by atoms with E-state index in [2.05, 4.69) is 0 Å². The quantitative estimate of drug-likeness (QED) is 0.371. The fraction of sp³-hybridized carbons (Fsp3) is 0. The number of hydrogen-bond acceptors (Lipinski definition) is 3. The molecule has 0 saturated carbocycles. The molecule has 1 rings (SSSR count). The SMILES string of the molecule is N#CC=Cc1ccc(O)c(N)c1. The standard InChI is InChI=1S/C9H8N2O/c10-5-1-2-7-3-4-9(12)8(11)6-7/h1-4,6,12H,11H2. The second kappa shape index (κ2) is 3.44. The van der Waals surface area contributed by atoms with Gasteiger partial charge in [0.25, 0.3) is 0 Å². The van der Waals surface area contributed by atoms with Crippen molar-refractivity contribution >= 4 is 11.8 Å². The van der Waals surface area contributed by atoms with Crippen LogP contribution in [0.25, 0.3) is 6.08 Å². The predicted octanol–water partition coefficient (Wildman–Crippen LogP) is 1.51. The van der Waals surface area contributed by atoms with Crippen LogP contribution < -0.4 is 5.73 Å². The van der Waals surface area contributed by atoms with E-state index in [1.54, 1.807) is 18.2 Å². The first-order valence-electron chi connectivity index (χ1n) is 3.38. The van der Waals surface area contributed by atoms with Gasteiger partial charge in [0.2, 0.25) is 0 Å². The lowest BCUT2D eigenvalue weighted by Crippen LogP contribution is -1.85. The maximum absolute atomic E-state index is 9.06. The molecule has 0 radical (unpaired) electrons. The summed E-state index contributed by atoms with van der Waals surface area (Å²) in [7, 11) is 0. The molecule has 60 valence electrons. The Bertz CT molecular complexity index is 350. The highest BCUT2D eigenvalue weighted by Crippen LogP contribution is 2.20. The van der Waals surface area contributed by atoms with E-state index < -0.39 is 0 Å². The van der Waals surface area contributed by atoms with Gasteiger partial charge in [-0.1, -0.05) is 6.07 Å². The number of nitriles is 1. The van der Waals surface area contributed by atoms with Crippen LogP contribution in [-0.2, 0) is 0 Å². The number of anilines is 1. The number of rotatable bonds is 1. The Morgan fingerprint density at radius 2 is 2.25 bits per heavy atom. The van der Waals surface area contributed by atoms with Gasteiger partial charge in [-0.3, -0.25) is 0 Å². The minimum Gasteiger partial charge on any atom is -0.506 e. The van der Waals surface area contributed by atoms with Gasteiger partial charge < -0.3 is 10.8 Å². The minimum atomic E-state index is 0.0594. The molecule has 1 aromatic carbocycles. The van der Waals surface area contributed by atoms with Gasteiger partial charge in [-0.05, 0) is 23.8 Å². The lowest BCUT2D eigenvalue weighted by molar-refractivity contribution is 0.478. The summed E-state index contributed by atoms with van der Waals surface area (Å²) >= 11 is 0. The van der Waals surface area contributed by atoms with Gasteiger partial charge in [0.15, 0.2) is 0 Å². The van der Waals surface area contributed by atoms with E-state index in [1.165, 1.54) is 12.1 Å². The number of nitrogens with zero attached hydrogens (tertiary/aromatic N) is 1. The van der Waals surface area contributed by atoms with Crippen molar-refractivity contribution in [3.63, 3.8) is 0 Å². The number of nitrogens with two attached hydrogens (primary N) is 1. The molecule has 0 atom stereocenters. The monoisotopic (exact) mass is 160 g/mol. The largest absolute Gasteiger partial charge is 0.506 e. The third-order valence-corrected chi connectivity index (χ3v) is 1.40. The van der Waals surface area contributed by atoms with Gasteiger partial charge in [-0.25, -0.2) is 0 Å². The summed E-state index contributed by atoms with van der Waals surface area (Å²) in [5, 5.41) is 17.3. The Hall–Kier alpha value is -1.95. The zero-order valence-corrected chi connectivity index (χ0v) is 6.36. The van der Waals surface area contributed by atoms with Gasteiger partial charge in [0, 0.05) is 6.08 Å². The molecule has 12 heavy (non-hydrogen) atoms. The van der Waals surface area contributed by atoms with Crippen molar-refractivity contribution in [1.82, 2.24) is 0 Å². The number of phenolic OH excluding ortho intramolecular Hbond substituents is 1. The third-order valence-electron chi connectivity index (χ3n) is 1.40. The van der Waals surface area contributed by atoms with Crippen molar-refractivity contribution in [3.8, 4) is 11.8 Å². The maximum Gasteiger partial charge on any atom is 0.138 e. The summed E-state index contributed by atoms with van der Waals surface area (Å²) in [6.07, 6.45) is 2.97. The topological polar surface area (TPSA) is 70.0 Å². The van der Waals surface area contributed by atoms with Crippen LogP contribution in [0.15, 0.2) is 24.3 Å². The van der Waals surface area contributed by atoms with Crippen molar-refractivity contribution in [3.05, 3.63) is 29.8 Å². The molecule has 3 heteroatoms. The van der Waals surface area contributed by atoms with Crippen LogP contribution in [0.4, 0.5) is 5.69 Å². The molecule has 0 heterocycles. The Morgan fingerprint density at radius 3 is 2.83 bits per heavy atom. The van der Waals surface area contributed by atoms with Crippen molar-refractivity contribution in [2.45, 2.75) is 0 Å². The number of aromatic hydroxyl groups is 1. The summed E-state index contributed by atoms with van der Waals surface area (Å²) in [4.78, 5) is 0. The molecule has 0 saturated heterocycles. The molecule has 0 unspecified atom stereocenters. The second-order valence-electron chi connectivity index (χ2n) is 2.28. The van der Waals surface area contributed by atoms with E-state index in [4.69, 9.17) is 16.1 Å². The van der Waals surface area contributed by atoms with Crippen LogP contribution in [0.2, 0.25) is 0 Å². The van der Waals surface area contributed by atoms with Crippen LogP contribution in [0.5, 0.6) is 5.75 Å². The van der Waals surface area contributed by atoms with E-state index in [1.807, 2.05) is 6.07 Å². The van der Waals surface area contributed by atoms with Gasteiger partial charge in [0.1, 0.15) is 5.75 Å². The molecular formula is C9H8N2O. The molecule has 1 aromatic rings. The highest BCUT2D eigenvalue weighted by atomic mass is 16.3. The highest BCUT2D eigenvalue weighted by Gasteiger charge is 1.94. The van der Waals surface area contributed by atoms with E-state index >= 15 is 0 Å². The molecule has 0 bridgehead atoms. The highest BCUT2D eigenvalue weighted by molar-refractivity contribution is 5.62. The van der Waals surface area contributed by atoms with Gasteiger partial charge in [-0.15, -0.1) is 0 Å². The maximum atomic E-state index is 9.06. The first kappa shape index (κ1) is 8.15. The summed E-state index contributed by atoms with van der Waals surface area (Å²) < 4.78 is 0. The van der Waals surface area contributed by atoms with Gasteiger partial charge in [-0.2, -0.15) is 5.26 Å². The Morgan fingerprint density at radius 1 is 1.50 bits per heavy atom. The zero-order valence-electron chi connectivity index (χ0n) is 6.36. The van der Waals surface area contributed by atoms with Gasteiger partial charge in [0.05, 0.1) is 11.8 Å². The Labute approximate surface area is 70.4 Å². The van der Waals surface area contributed by atoms with E-state index in [9.17, 15) is 0 Å². The molecule has 0 aliphatic carbocycles. The second-order valence-corrected chi connectivity index (χ2v) is 2.28. The predicted molar refractivity (Wildman–Crippen MR) is 47.2 cm³/mol. The van der Waals surface area contributed by atoms with E-state index in [0.29, 0.717) is 5.69 Å². The molecule has 0 aromatic heterocycles. The normalized spacial score (nSPS) is 9.92. The third kappa shape index (κ3) is 1.77. The molecule has 0 aliphatic rings. The summed E-state index contributed by atoms with van der Waals surface area (Å²) in [6.45, 7) is 0. The number of phenols is 1. The van der Waals surface area contributed by atoms with Crippen molar-refractivity contribution in [2.75, 3.05) is 5.73 Å². The molecule has 0 fully saturated rings. The lowest BCUT2D eigenvalue weighted by Gasteiger charge is -1.98. The van der Waals surface area contributed by atoms with Crippen molar-refractivity contribution in [1.29, 1.82) is 5.26 Å². The molecule has 3 N–H and O–H groups in total. The number of hydrogen-bond donors (Lipinski definition) is 2. The minimum absolute atomic E-state index is 0.0594. The fourth-order valence-corrected chi connectivity index (χ4v) is 0.810. The van der Waals surface area contributed by atoms with E-state index in [0.717, 1.165) is 5.56 Å². The van der Waals surface area contributed by atoms with Crippen molar-refractivity contribution < 1.29 is 5.11 Å². The zero-order chi connectivity index (χ0) is 8.97. The van der Waals surface area contributed by atoms with Gasteiger partial charge >= 0.3 is 0 Å². The van der Waals surface area contributed by atoms with Crippen LogP contribution in [0, 0.1) is 11.3 Å². The lowest BCUT2D eigenvalue weighted by atomic mass is 10.2. The summed E-state index contributed by atoms with van der Waals surface area (Å²) in [6, 6.07) is 6.64. The number of benzene rings is 1. The first-order valence-corrected chi connectivity index (χ1v) is 3.38.